The van der Waals surface area contributed by atoms with Gasteiger partial charge in [0.1, 0.15) is 41.3 Å². The first-order valence-corrected chi connectivity index (χ1v) is 29.1. The number of nitrogen functional groups attached to an aromatic ring is 2. The topological polar surface area (TPSA) is 376 Å². The van der Waals surface area contributed by atoms with E-state index >= 15 is 0 Å². The number of H-pyrrole nitrogens is 2. The van der Waals surface area contributed by atoms with Crippen molar-refractivity contribution in [1.29, 1.82) is 0 Å². The number of fused-ring (bicyclic) bond motifs is 2. The molecule has 0 spiro atoms. The highest BCUT2D eigenvalue weighted by atomic mass is 35.5. The van der Waals surface area contributed by atoms with Crippen LogP contribution in [0.4, 0.5) is 16.3 Å². The van der Waals surface area contributed by atoms with E-state index in [-0.39, 0.29) is 28.5 Å². The Morgan fingerprint density at radius 3 is 1.59 bits per heavy atom. The summed E-state index contributed by atoms with van der Waals surface area (Å²) >= 11 is 11.1. The molecule has 31 heteroatoms. The number of carbonyl (C=O) groups is 2. The fourth-order valence-corrected chi connectivity index (χ4v) is 12.1. The third-order valence-electron chi connectivity index (χ3n) is 12.1. The molecule has 2 saturated heterocycles. The zero-order valence-electron chi connectivity index (χ0n) is 48.7. The molecule has 0 aliphatic carbocycles. The van der Waals surface area contributed by atoms with Gasteiger partial charge in [-0.2, -0.15) is 9.97 Å². The number of halogens is 3. The van der Waals surface area contributed by atoms with E-state index in [0.717, 1.165) is 9.13 Å². The summed E-state index contributed by atoms with van der Waals surface area (Å²) in [5, 5.41) is 48.6. The number of nitrogens with two attached hydrogens (primary N) is 2. The van der Waals surface area contributed by atoms with E-state index in [1.165, 1.54) is 50.4 Å². The number of aromatic amines is 2. The van der Waals surface area contributed by atoms with Crippen molar-refractivity contribution in [2.75, 3.05) is 36.9 Å². The number of hydrogen-bond acceptors (Lipinski definition) is 22. The van der Waals surface area contributed by atoms with Crippen molar-refractivity contribution in [3.05, 3.63) is 106 Å². The van der Waals surface area contributed by atoms with Crippen LogP contribution in [0.15, 0.2) is 88.7 Å². The second-order valence-electron chi connectivity index (χ2n) is 19.3. The number of anilines is 2. The minimum atomic E-state index is -4.64. The predicted molar refractivity (Wildman–Crippen MR) is 298 cm³/mol. The summed E-state index contributed by atoms with van der Waals surface area (Å²) in [7, 11) is -9.22. The first-order chi connectivity index (χ1) is 40.6. The van der Waals surface area contributed by atoms with Gasteiger partial charge < -0.3 is 64.5 Å². The maximum Gasteiger partial charge on any atom is 0.380 e. The summed E-state index contributed by atoms with van der Waals surface area (Å²) in [6.07, 6.45) is -12.6. The second-order valence-corrected chi connectivity index (χ2v) is 23.6. The van der Waals surface area contributed by atoms with Crippen molar-refractivity contribution in [3.63, 3.8) is 0 Å². The number of aliphatic hydroxyl groups is 4. The SMILES string of the molecule is [2H]C([2H])(O[P@@](=O)(C[C@@H](C)C(=O)OC(C)C)Oc1ccccc1)[C@H]1O[C@@H](n2cc(F)c3c(=O)[nH]c(N)nc32)C(O)(C#CCl)[C@H]1O.[2H]C([2H])(O[P@@](=O)(C[C@@H](C)C(=O)OC(C)C)Oc1ccccc1)[C@H]1O[C@@H](n2ccc3c(=O)[nH]c(N)nc32)C(O)(C#CCl)[C@H]1O. The quantitative estimate of drug-likeness (QED) is 0.0287. The van der Waals surface area contributed by atoms with Crippen molar-refractivity contribution < 1.29 is 86.1 Å². The van der Waals surface area contributed by atoms with Crippen molar-refractivity contribution >= 4 is 84.3 Å². The van der Waals surface area contributed by atoms with E-state index in [9.17, 15) is 53.1 Å². The Hall–Kier alpha value is -6.81. The smallest absolute Gasteiger partial charge is 0.380 e. The van der Waals surface area contributed by atoms with Crippen LogP contribution in [0.25, 0.3) is 22.1 Å². The van der Waals surface area contributed by atoms with Crippen molar-refractivity contribution in [1.82, 2.24) is 29.1 Å². The third-order valence-corrected chi connectivity index (χ3v) is 16.1. The summed E-state index contributed by atoms with van der Waals surface area (Å²) in [4.78, 5) is 62.1. The lowest BCUT2D eigenvalue weighted by molar-refractivity contribution is -0.152. The van der Waals surface area contributed by atoms with Crippen LogP contribution in [-0.2, 0) is 46.7 Å². The van der Waals surface area contributed by atoms with Crippen LogP contribution in [-0.4, -0.2) is 135 Å². The number of nitrogens with zero attached hydrogens (tertiary/aromatic N) is 4. The minimum absolute atomic E-state index is 0.00880. The van der Waals surface area contributed by atoms with Crippen LogP contribution in [0.3, 0.4) is 0 Å². The van der Waals surface area contributed by atoms with E-state index in [1.807, 2.05) is 10.8 Å². The van der Waals surface area contributed by atoms with E-state index in [4.69, 9.17) is 77.2 Å². The summed E-state index contributed by atoms with van der Waals surface area (Å²) in [5.74, 6) is -1.05. The van der Waals surface area contributed by atoms with Crippen molar-refractivity contribution in [3.8, 4) is 34.1 Å². The second kappa shape index (κ2) is 26.4. The molecule has 2 unspecified atom stereocenters. The maximum absolute atomic E-state index is 14.8. The molecule has 0 saturated carbocycles. The van der Waals surface area contributed by atoms with Gasteiger partial charge in [0.05, 0.1) is 60.4 Å². The lowest BCUT2D eigenvalue weighted by atomic mass is 9.95. The standard InChI is InChI=1S/C26H29ClFN4O9P.C26H30ClN4O9P/c1-14(2)39-23(35)15(3)13-42(37,41-16-7-5-4-6-8-16)38-12-18-20(33)26(36,9-10-27)24(40-18)32-11-17(28)19-21(32)30-25(29)31-22(19)34;1-15(2)38-23(34)16(3)14-41(36,40-17-7-5-4-6-8-17)37-13-19-20(32)26(35,10-11-27)24(39-19)31-12-9-18-21(31)29-25(28)30-22(18)33/h4-8,11,14-15,18,20,24,33,36H,12-13H2,1-3H3,(H3,29,30,31,34);4-9,12,15-16,19-20,24,32,35H,13-14H2,1-3H3,(H3,28,29,30,33)/t15-,18-,20+,24-,26?,42+;16-,19-,20+,24-,26?,41+/m11/s1/i12D2;13D2. The summed E-state index contributed by atoms with van der Waals surface area (Å²) < 4.78 is 123. The van der Waals surface area contributed by atoms with Gasteiger partial charge in [0, 0.05) is 23.2 Å². The molecule has 2 aromatic carbocycles. The third kappa shape index (κ3) is 14.6. The van der Waals surface area contributed by atoms with Gasteiger partial charge in [-0.1, -0.05) is 50.2 Å². The highest BCUT2D eigenvalue weighted by Gasteiger charge is 2.58. The number of para-hydroxylation sites is 2. The number of carbonyl (C=O) groups excluding carboxylic acids is 2. The molecule has 10 N–H and O–H groups in total. The number of aromatic nitrogens is 6. The molecule has 2 aliphatic heterocycles. The Kier molecular flexibility index (Phi) is 18.4. The zero-order valence-corrected chi connectivity index (χ0v) is 48.0. The number of rotatable bonds is 20. The lowest BCUT2D eigenvalue weighted by Gasteiger charge is -2.26. The molecule has 0 bridgehead atoms. The van der Waals surface area contributed by atoms with Crippen molar-refractivity contribution in [2.45, 2.75) is 102 Å². The van der Waals surface area contributed by atoms with Crippen LogP contribution in [0.2, 0.25) is 0 Å². The Bertz CT molecular complexity index is 3870. The van der Waals surface area contributed by atoms with Crippen LogP contribution >= 0.6 is 38.4 Å². The summed E-state index contributed by atoms with van der Waals surface area (Å²) in [6, 6.07) is 16.7. The molecule has 4 aromatic heterocycles. The monoisotopic (exact) mass is 1240 g/mol. The Morgan fingerprint density at radius 2 is 1.16 bits per heavy atom. The van der Waals surface area contributed by atoms with Gasteiger partial charge in [0.2, 0.25) is 23.1 Å². The van der Waals surface area contributed by atoms with E-state index < -0.39 is 159 Å². The van der Waals surface area contributed by atoms with Crippen LogP contribution in [0.5, 0.6) is 11.5 Å². The minimum Gasteiger partial charge on any atom is -0.463 e. The van der Waals surface area contributed by atoms with E-state index in [0.29, 0.717) is 6.20 Å². The molecule has 12 atom stereocenters. The highest BCUT2D eigenvalue weighted by Crippen LogP contribution is 2.53. The van der Waals surface area contributed by atoms with Gasteiger partial charge in [-0.15, -0.1) is 0 Å². The van der Waals surface area contributed by atoms with Crippen LogP contribution in [0, 0.1) is 40.3 Å². The fraction of sp³-hybridized carbons (Fsp3) is 0.423. The number of aliphatic hydroxyl groups excluding tert-OH is 2. The lowest BCUT2D eigenvalue weighted by Crippen LogP contribution is -2.46. The van der Waals surface area contributed by atoms with Crippen LogP contribution < -0.4 is 31.6 Å². The number of hydrogen-bond donors (Lipinski definition) is 8. The maximum atomic E-state index is 14.8. The normalized spacial score (nSPS) is 25.3. The molecule has 6 heterocycles. The van der Waals surface area contributed by atoms with Gasteiger partial charge in [-0.3, -0.25) is 42.8 Å². The molecule has 446 valence electrons. The molecular formula is C52H59Cl2FN8O18P2. The molecule has 8 rings (SSSR count). The average Bonchev–Trinajstić information content (AvgIpc) is 1.59. The van der Waals surface area contributed by atoms with E-state index in [1.54, 1.807) is 64.1 Å². The molecule has 83 heavy (non-hydrogen) atoms. The Morgan fingerprint density at radius 1 is 0.735 bits per heavy atom. The number of ether oxygens (including phenoxy) is 4. The molecular weight excluding hydrogens is 1180 g/mol. The molecule has 26 nitrogen and oxygen atoms in total. The fourth-order valence-electron chi connectivity index (χ4n) is 8.36. The number of benzene rings is 2. The molecule has 0 radical (unpaired) electrons. The highest BCUT2D eigenvalue weighted by molar-refractivity contribution is 7.54. The molecule has 0 amide bonds. The van der Waals surface area contributed by atoms with Gasteiger partial charge in [-0.25, -0.2) is 13.5 Å². The number of esters is 2. The van der Waals surface area contributed by atoms with Gasteiger partial charge in [0.25, 0.3) is 11.1 Å². The average molecular weight is 1240 g/mol. The number of nitrogens with one attached hydrogen (secondary N) is 2. The van der Waals surface area contributed by atoms with E-state index in [2.05, 4.69) is 31.8 Å². The molecule has 6 aromatic rings. The first-order valence-electron chi connectivity index (χ1n) is 26.9. The Labute approximate surface area is 488 Å². The van der Waals surface area contributed by atoms with Gasteiger partial charge in [-0.05, 0) is 93.1 Å². The van der Waals surface area contributed by atoms with Crippen molar-refractivity contribution in [2.24, 2.45) is 11.8 Å². The zero-order chi connectivity index (χ0) is 64.4. The first kappa shape index (κ1) is 58.0. The summed E-state index contributed by atoms with van der Waals surface area (Å²) in [5.41, 5.74) is 3.85. The predicted octanol–water partition coefficient (Wildman–Crippen LogP) is 4.88. The van der Waals surface area contributed by atoms with Gasteiger partial charge >= 0.3 is 27.1 Å². The summed E-state index contributed by atoms with van der Waals surface area (Å²) in [6.45, 7) is 2.89. The molecule has 2 aliphatic rings. The van der Waals surface area contributed by atoms with Crippen LogP contribution in [0.1, 0.15) is 59.5 Å². The molecule has 2 fully saturated rings. The largest absolute Gasteiger partial charge is 0.463 e. The Balaban J connectivity index is 0.000000249. The van der Waals surface area contributed by atoms with Gasteiger partial charge in [0.15, 0.2) is 29.6 Å².